The van der Waals surface area contributed by atoms with E-state index in [0.29, 0.717) is 45.4 Å². The highest BCUT2D eigenvalue weighted by Gasteiger charge is 2.59. The number of likely N-dealkylation sites (tertiary alicyclic amines) is 2. The first-order valence-electron chi connectivity index (χ1n) is 11.9. The van der Waals surface area contributed by atoms with Crippen molar-refractivity contribution < 1.29 is 32.6 Å². The summed E-state index contributed by atoms with van der Waals surface area (Å²) in [6, 6.07) is 0. The monoisotopic (exact) mass is 460 g/mol. The number of hydrogen-bond donors (Lipinski definition) is 0. The molecule has 3 aliphatic rings. The molecular formula is C23H38F2N2O5. The van der Waals surface area contributed by atoms with E-state index >= 15 is 0 Å². The first-order chi connectivity index (χ1) is 15.0. The van der Waals surface area contributed by atoms with Crippen LogP contribution in [0, 0.1) is 5.92 Å². The summed E-state index contributed by atoms with van der Waals surface area (Å²) < 4.78 is 46.0. The second-order valence-electron chi connectivity index (χ2n) is 10.2. The molecule has 0 aromatic heterocycles. The molecule has 2 saturated heterocycles. The van der Waals surface area contributed by atoms with Gasteiger partial charge >= 0.3 is 11.9 Å². The first-order valence-corrected chi connectivity index (χ1v) is 11.9. The molecule has 1 atom stereocenters. The van der Waals surface area contributed by atoms with Gasteiger partial charge in [-0.15, -0.1) is 0 Å². The van der Waals surface area contributed by atoms with Crippen LogP contribution in [0.5, 0.6) is 0 Å². The largest absolute Gasteiger partial charge is 0.466 e. The van der Waals surface area contributed by atoms with Gasteiger partial charge in [0.05, 0.1) is 25.2 Å². The lowest BCUT2D eigenvalue weighted by molar-refractivity contribution is -0.276. The van der Waals surface area contributed by atoms with E-state index in [1.807, 2.05) is 4.90 Å². The Hall–Kier alpha value is -1.32. The average Bonchev–Trinajstić information content (AvgIpc) is 3.35. The summed E-state index contributed by atoms with van der Waals surface area (Å²) in [5.74, 6) is -5.57. The molecule has 0 spiro atoms. The molecular weight excluding hydrogens is 422 g/mol. The van der Waals surface area contributed by atoms with E-state index in [4.69, 9.17) is 14.2 Å². The lowest BCUT2D eigenvalue weighted by atomic mass is 9.87. The smallest absolute Gasteiger partial charge is 0.371 e. The lowest BCUT2D eigenvalue weighted by Gasteiger charge is -2.48. The maximum absolute atomic E-state index is 14.3. The van der Waals surface area contributed by atoms with E-state index in [2.05, 4.69) is 0 Å². The number of halogens is 2. The second-order valence-corrected chi connectivity index (χ2v) is 10.2. The van der Waals surface area contributed by atoms with Gasteiger partial charge in [0.2, 0.25) is 0 Å². The molecule has 0 radical (unpaired) electrons. The molecule has 0 aromatic rings. The predicted octanol–water partition coefficient (Wildman–Crippen LogP) is 3.56. The lowest BCUT2D eigenvalue weighted by Crippen LogP contribution is -2.68. The molecule has 184 valence electrons. The van der Waals surface area contributed by atoms with Crippen LogP contribution in [0.4, 0.5) is 8.78 Å². The molecule has 0 N–H and O–H groups in total. The van der Waals surface area contributed by atoms with Crippen LogP contribution in [0.1, 0.15) is 72.6 Å². The molecule has 1 saturated carbocycles. The van der Waals surface area contributed by atoms with Crippen LogP contribution in [0.3, 0.4) is 0 Å². The van der Waals surface area contributed by atoms with Crippen molar-refractivity contribution in [3.05, 3.63) is 0 Å². The van der Waals surface area contributed by atoms with Gasteiger partial charge in [0, 0.05) is 26.1 Å². The molecule has 2 aliphatic heterocycles. The van der Waals surface area contributed by atoms with Gasteiger partial charge in [-0.25, -0.2) is 18.5 Å². The number of nitrogens with zero attached hydrogens (tertiary/aromatic N) is 2. The summed E-state index contributed by atoms with van der Waals surface area (Å²) in [5.41, 5.74) is -0.783. The number of hydrogen-bond acceptors (Lipinski definition) is 7. The Labute approximate surface area is 189 Å². The zero-order valence-corrected chi connectivity index (χ0v) is 19.8. The molecule has 1 unspecified atom stereocenters. The van der Waals surface area contributed by atoms with E-state index in [0.717, 1.165) is 12.8 Å². The third-order valence-electron chi connectivity index (χ3n) is 6.42. The van der Waals surface area contributed by atoms with Crippen LogP contribution in [0.15, 0.2) is 0 Å². The summed E-state index contributed by atoms with van der Waals surface area (Å²) >= 11 is 0. The van der Waals surface area contributed by atoms with Gasteiger partial charge in [-0.1, -0.05) is 0 Å². The third kappa shape index (κ3) is 5.78. The van der Waals surface area contributed by atoms with Gasteiger partial charge in [-0.3, -0.25) is 9.69 Å². The van der Waals surface area contributed by atoms with Gasteiger partial charge in [-0.2, -0.15) is 0 Å². The summed E-state index contributed by atoms with van der Waals surface area (Å²) in [7, 11) is 0. The molecule has 9 heteroatoms. The maximum atomic E-state index is 14.3. The van der Waals surface area contributed by atoms with E-state index in [-0.39, 0.29) is 31.0 Å². The third-order valence-corrected chi connectivity index (χ3v) is 6.42. The molecule has 1 aliphatic carbocycles. The minimum absolute atomic E-state index is 0.0565. The number of alkyl halides is 2. The fourth-order valence-electron chi connectivity index (χ4n) is 4.92. The van der Waals surface area contributed by atoms with Crippen molar-refractivity contribution in [2.24, 2.45) is 5.92 Å². The minimum Gasteiger partial charge on any atom is -0.466 e. The molecule has 2 heterocycles. The van der Waals surface area contributed by atoms with Gasteiger partial charge < -0.3 is 14.2 Å². The predicted molar refractivity (Wildman–Crippen MR) is 114 cm³/mol. The fraction of sp³-hybridized carbons (Fsp3) is 0.913. The van der Waals surface area contributed by atoms with Gasteiger partial charge in [0.25, 0.3) is 11.8 Å². The molecule has 3 rings (SSSR count). The quantitative estimate of drug-likeness (QED) is 0.538. The van der Waals surface area contributed by atoms with Crippen LogP contribution in [0.25, 0.3) is 0 Å². The minimum atomic E-state index is -2.88. The average molecular weight is 461 g/mol. The topological polar surface area (TPSA) is 68.3 Å². The van der Waals surface area contributed by atoms with Crippen molar-refractivity contribution in [3.63, 3.8) is 0 Å². The molecule has 7 nitrogen and oxygen atoms in total. The molecule has 0 amide bonds. The Morgan fingerprint density at radius 1 is 1.00 bits per heavy atom. The normalized spacial score (nSPS) is 28.9. The summed E-state index contributed by atoms with van der Waals surface area (Å²) in [6.07, 6.45) is 3.39. The van der Waals surface area contributed by atoms with Crippen LogP contribution < -0.4 is 0 Å². The van der Waals surface area contributed by atoms with Crippen LogP contribution >= 0.6 is 0 Å². The van der Waals surface area contributed by atoms with Crippen LogP contribution in [-0.2, 0) is 23.8 Å². The highest BCUT2D eigenvalue weighted by molar-refractivity contribution is 5.79. The van der Waals surface area contributed by atoms with Crippen molar-refractivity contribution in [1.29, 1.82) is 0 Å². The Morgan fingerprint density at radius 2 is 1.62 bits per heavy atom. The molecule has 32 heavy (non-hydrogen) atoms. The van der Waals surface area contributed by atoms with E-state index in [9.17, 15) is 18.4 Å². The highest BCUT2D eigenvalue weighted by atomic mass is 19.3. The summed E-state index contributed by atoms with van der Waals surface area (Å²) in [4.78, 5) is 29.1. The van der Waals surface area contributed by atoms with E-state index in [1.165, 1.54) is 4.90 Å². The number of esters is 2. The van der Waals surface area contributed by atoms with Crippen LogP contribution in [-0.4, -0.2) is 78.0 Å². The summed E-state index contributed by atoms with van der Waals surface area (Å²) in [6.45, 7) is 8.11. The van der Waals surface area contributed by atoms with Gasteiger partial charge in [0.1, 0.15) is 5.60 Å². The molecule has 0 bridgehead atoms. The van der Waals surface area contributed by atoms with E-state index < -0.39 is 29.9 Å². The number of ether oxygens (including phenoxy) is 3. The van der Waals surface area contributed by atoms with Crippen LogP contribution in [0.2, 0.25) is 0 Å². The fourth-order valence-corrected chi connectivity index (χ4v) is 4.92. The summed E-state index contributed by atoms with van der Waals surface area (Å²) in [5, 5.41) is 0. The second kappa shape index (κ2) is 9.89. The maximum Gasteiger partial charge on any atom is 0.371 e. The first kappa shape index (κ1) is 25.3. The van der Waals surface area contributed by atoms with Gasteiger partial charge in [0.15, 0.2) is 0 Å². The van der Waals surface area contributed by atoms with Gasteiger partial charge in [-0.05, 0) is 66.2 Å². The van der Waals surface area contributed by atoms with Crippen molar-refractivity contribution >= 4 is 11.9 Å². The number of carbonyl (C=O) groups excluding carboxylic acids is 2. The van der Waals surface area contributed by atoms with Crippen molar-refractivity contribution in [1.82, 2.24) is 9.80 Å². The van der Waals surface area contributed by atoms with Crippen molar-refractivity contribution in [3.8, 4) is 0 Å². The SMILES string of the molecule is CCOC(=O)C1CCC(OC(C(=O)OC(C)(C)C)(N2CCCC2)N2CCC(F)(F)C2)CC1. The Bertz CT molecular complexity index is 670. The molecule has 3 fully saturated rings. The Kier molecular flexibility index (Phi) is 7.82. The highest BCUT2D eigenvalue weighted by Crippen LogP contribution is 2.40. The number of carbonyl (C=O) groups is 2. The zero-order chi connectivity index (χ0) is 23.6. The van der Waals surface area contributed by atoms with E-state index in [1.54, 1.807) is 27.7 Å². The molecule has 0 aromatic carbocycles. The van der Waals surface area contributed by atoms with Crippen molar-refractivity contribution in [2.45, 2.75) is 96.1 Å². The zero-order valence-electron chi connectivity index (χ0n) is 19.8. The van der Waals surface area contributed by atoms with Crippen molar-refractivity contribution in [2.75, 3.05) is 32.8 Å². The Morgan fingerprint density at radius 3 is 2.12 bits per heavy atom. The number of rotatable bonds is 7. The Balaban J connectivity index is 1.85. The standard InChI is InChI=1S/C23H38F2N2O5/c1-5-30-19(28)17-8-10-18(11-9-17)31-23(26-13-6-7-14-26,20(29)32-21(2,3)4)27-15-12-22(24,25)16-27/h17-18H,5-16H2,1-4H3.